The van der Waals surface area contributed by atoms with E-state index < -0.39 is 0 Å². The van der Waals surface area contributed by atoms with Crippen molar-refractivity contribution in [2.75, 3.05) is 25.3 Å². The van der Waals surface area contributed by atoms with Crippen molar-refractivity contribution in [1.82, 2.24) is 4.90 Å². The number of benzene rings is 1. The van der Waals surface area contributed by atoms with Crippen molar-refractivity contribution in [2.24, 2.45) is 0 Å². The maximum Gasteiger partial charge on any atom is 0.254 e. The van der Waals surface area contributed by atoms with E-state index in [1.54, 1.807) is 24.9 Å². The van der Waals surface area contributed by atoms with Crippen molar-refractivity contribution >= 4 is 17.7 Å². The molecule has 4 heteroatoms. The molecule has 1 aliphatic heterocycles. The highest BCUT2D eigenvalue weighted by molar-refractivity contribution is 7.99. The zero-order valence-electron chi connectivity index (χ0n) is 8.60. The molecule has 0 aliphatic carbocycles. The summed E-state index contributed by atoms with van der Waals surface area (Å²) >= 11 is 1.79. The summed E-state index contributed by atoms with van der Waals surface area (Å²) < 4.78 is 5.09. The van der Waals surface area contributed by atoms with Crippen LogP contribution in [0.2, 0.25) is 0 Å². The van der Waals surface area contributed by atoms with Gasteiger partial charge in [-0.05, 0) is 18.2 Å². The second-order valence-corrected chi connectivity index (χ2v) is 4.41. The van der Waals surface area contributed by atoms with Crippen LogP contribution < -0.4 is 4.74 Å². The first kappa shape index (κ1) is 10.4. The molecule has 1 heterocycles. The van der Waals surface area contributed by atoms with E-state index in [1.807, 2.05) is 23.1 Å². The number of hydrogen-bond acceptors (Lipinski definition) is 3. The zero-order chi connectivity index (χ0) is 10.7. The van der Waals surface area contributed by atoms with Gasteiger partial charge in [-0.2, -0.15) is 0 Å². The van der Waals surface area contributed by atoms with E-state index in [4.69, 9.17) is 4.74 Å². The summed E-state index contributed by atoms with van der Waals surface area (Å²) in [4.78, 5) is 13.8. The van der Waals surface area contributed by atoms with Gasteiger partial charge < -0.3 is 9.64 Å². The molecule has 0 spiro atoms. The van der Waals surface area contributed by atoms with E-state index >= 15 is 0 Å². The first-order valence-corrected chi connectivity index (χ1v) is 5.98. The molecule has 1 aliphatic rings. The molecule has 1 amide bonds. The van der Waals surface area contributed by atoms with Gasteiger partial charge in [0.15, 0.2) is 0 Å². The molecule has 1 aromatic carbocycles. The molecular weight excluding hydrogens is 210 g/mol. The Kier molecular flexibility index (Phi) is 3.16. The molecular formula is C11H13NO2S. The molecule has 0 N–H and O–H groups in total. The third-order valence-corrected chi connectivity index (χ3v) is 3.32. The van der Waals surface area contributed by atoms with E-state index in [9.17, 15) is 4.79 Å². The first-order chi connectivity index (χ1) is 7.31. The smallest absolute Gasteiger partial charge is 0.254 e. The second-order valence-electron chi connectivity index (χ2n) is 3.34. The largest absolute Gasteiger partial charge is 0.497 e. The molecule has 80 valence electrons. The number of ether oxygens (including phenoxy) is 1. The Hall–Kier alpha value is -1.16. The van der Waals surface area contributed by atoms with Crippen LogP contribution in [0, 0.1) is 0 Å². The van der Waals surface area contributed by atoms with Crippen LogP contribution in [0.5, 0.6) is 5.75 Å². The highest BCUT2D eigenvalue weighted by atomic mass is 32.2. The summed E-state index contributed by atoms with van der Waals surface area (Å²) in [5.41, 5.74) is 0.705. The van der Waals surface area contributed by atoms with Gasteiger partial charge in [0.05, 0.1) is 13.0 Å². The lowest BCUT2D eigenvalue weighted by Crippen LogP contribution is -2.27. The molecule has 0 radical (unpaired) electrons. The zero-order valence-corrected chi connectivity index (χ0v) is 9.42. The summed E-state index contributed by atoms with van der Waals surface area (Å²) in [6.45, 7) is 0.848. The molecule has 0 saturated carbocycles. The summed E-state index contributed by atoms with van der Waals surface area (Å²) in [6.07, 6.45) is 0. The maximum atomic E-state index is 12.0. The number of amides is 1. The Balaban J connectivity index is 2.17. The molecule has 0 bridgehead atoms. The van der Waals surface area contributed by atoms with Crippen LogP contribution in [-0.2, 0) is 0 Å². The van der Waals surface area contributed by atoms with Crippen LogP contribution in [0.25, 0.3) is 0 Å². The number of hydrogen-bond donors (Lipinski definition) is 0. The van der Waals surface area contributed by atoms with Crippen molar-refractivity contribution in [3.63, 3.8) is 0 Å². The number of rotatable bonds is 2. The average molecular weight is 223 g/mol. The predicted molar refractivity (Wildman–Crippen MR) is 61.4 cm³/mol. The van der Waals surface area contributed by atoms with Gasteiger partial charge in [0.2, 0.25) is 0 Å². The van der Waals surface area contributed by atoms with Crippen molar-refractivity contribution < 1.29 is 9.53 Å². The van der Waals surface area contributed by atoms with Gasteiger partial charge in [0.25, 0.3) is 5.91 Å². The molecule has 0 atom stereocenters. The van der Waals surface area contributed by atoms with E-state index in [1.165, 1.54) is 0 Å². The molecule has 1 saturated heterocycles. The first-order valence-electron chi connectivity index (χ1n) is 4.82. The van der Waals surface area contributed by atoms with Gasteiger partial charge >= 0.3 is 0 Å². The number of nitrogens with zero attached hydrogens (tertiary/aromatic N) is 1. The Morgan fingerprint density at radius 2 is 2.40 bits per heavy atom. The quantitative estimate of drug-likeness (QED) is 0.766. The van der Waals surface area contributed by atoms with E-state index in [0.717, 1.165) is 23.9 Å². The van der Waals surface area contributed by atoms with Gasteiger partial charge in [-0.3, -0.25) is 4.79 Å². The van der Waals surface area contributed by atoms with Crippen molar-refractivity contribution in [2.45, 2.75) is 0 Å². The molecule has 1 aromatic rings. The fourth-order valence-electron chi connectivity index (χ4n) is 1.51. The minimum absolute atomic E-state index is 0.0962. The fraction of sp³-hybridized carbons (Fsp3) is 0.364. The lowest BCUT2D eigenvalue weighted by molar-refractivity contribution is 0.0802. The van der Waals surface area contributed by atoms with Crippen LogP contribution >= 0.6 is 11.8 Å². The third kappa shape index (κ3) is 2.26. The molecule has 15 heavy (non-hydrogen) atoms. The SMILES string of the molecule is COc1cccc(C(=O)N2CCSC2)c1. The highest BCUT2D eigenvalue weighted by Crippen LogP contribution is 2.19. The normalized spacial score (nSPS) is 15.4. The van der Waals surface area contributed by atoms with Gasteiger partial charge in [0.1, 0.15) is 5.75 Å². The van der Waals surface area contributed by atoms with Gasteiger partial charge in [-0.25, -0.2) is 0 Å². The number of methoxy groups -OCH3 is 1. The van der Waals surface area contributed by atoms with E-state index in [-0.39, 0.29) is 5.91 Å². The average Bonchev–Trinajstić information content (AvgIpc) is 2.81. The topological polar surface area (TPSA) is 29.5 Å². The number of thioether (sulfide) groups is 1. The summed E-state index contributed by atoms with van der Waals surface area (Å²) in [5.74, 6) is 2.66. The van der Waals surface area contributed by atoms with Crippen LogP contribution in [0.3, 0.4) is 0 Å². The Labute approximate surface area is 93.4 Å². The Morgan fingerprint density at radius 1 is 1.53 bits per heavy atom. The van der Waals surface area contributed by atoms with Gasteiger partial charge in [-0.1, -0.05) is 6.07 Å². The summed E-state index contributed by atoms with van der Waals surface area (Å²) in [6, 6.07) is 7.30. The van der Waals surface area contributed by atoms with Crippen molar-refractivity contribution in [1.29, 1.82) is 0 Å². The Morgan fingerprint density at radius 3 is 3.07 bits per heavy atom. The summed E-state index contributed by atoms with van der Waals surface area (Å²) in [5, 5.41) is 0. The van der Waals surface area contributed by atoms with E-state index in [2.05, 4.69) is 0 Å². The second kappa shape index (κ2) is 4.57. The fourth-order valence-corrected chi connectivity index (χ4v) is 2.46. The van der Waals surface area contributed by atoms with Gasteiger partial charge in [0, 0.05) is 17.9 Å². The van der Waals surface area contributed by atoms with Gasteiger partial charge in [-0.15, -0.1) is 11.8 Å². The van der Waals surface area contributed by atoms with E-state index in [0.29, 0.717) is 5.56 Å². The van der Waals surface area contributed by atoms with Crippen LogP contribution in [0.15, 0.2) is 24.3 Å². The molecule has 2 rings (SSSR count). The third-order valence-electron chi connectivity index (χ3n) is 2.36. The number of carbonyl (C=O) groups is 1. The minimum Gasteiger partial charge on any atom is -0.497 e. The molecule has 3 nitrogen and oxygen atoms in total. The summed E-state index contributed by atoms with van der Waals surface area (Å²) in [7, 11) is 1.61. The van der Waals surface area contributed by atoms with Crippen LogP contribution in [0.1, 0.15) is 10.4 Å². The number of carbonyl (C=O) groups excluding carboxylic acids is 1. The Bertz CT molecular complexity index is 361. The monoisotopic (exact) mass is 223 g/mol. The van der Waals surface area contributed by atoms with Crippen molar-refractivity contribution in [3.05, 3.63) is 29.8 Å². The lowest BCUT2D eigenvalue weighted by Gasteiger charge is -2.14. The molecule has 0 aromatic heterocycles. The molecule has 0 unspecified atom stereocenters. The standard InChI is InChI=1S/C11H13NO2S/c1-14-10-4-2-3-9(7-10)11(13)12-5-6-15-8-12/h2-4,7H,5-6,8H2,1H3. The maximum absolute atomic E-state index is 12.0. The predicted octanol–water partition coefficient (Wildman–Crippen LogP) is 1.84. The minimum atomic E-state index is 0.0962. The highest BCUT2D eigenvalue weighted by Gasteiger charge is 2.19. The lowest BCUT2D eigenvalue weighted by atomic mass is 10.2. The van der Waals surface area contributed by atoms with Crippen molar-refractivity contribution in [3.8, 4) is 5.75 Å². The van der Waals surface area contributed by atoms with Crippen LogP contribution in [0.4, 0.5) is 0 Å². The van der Waals surface area contributed by atoms with Crippen LogP contribution in [-0.4, -0.2) is 36.1 Å². The molecule has 1 fully saturated rings.